The minimum absolute atomic E-state index is 0.149. The number of amides is 2. The van der Waals surface area contributed by atoms with Gasteiger partial charge in [-0.1, -0.05) is 30.3 Å². The van der Waals surface area contributed by atoms with Crippen molar-refractivity contribution >= 4 is 12.0 Å². The Labute approximate surface area is 140 Å². The van der Waals surface area contributed by atoms with E-state index in [1.165, 1.54) is 4.90 Å². The average Bonchev–Trinajstić information content (AvgIpc) is 3.12. The molecule has 1 N–H and O–H groups in total. The highest BCUT2D eigenvalue weighted by Crippen LogP contribution is 2.17. The number of hydrogen-bond acceptors (Lipinski definition) is 4. The van der Waals surface area contributed by atoms with Crippen molar-refractivity contribution in [3.05, 3.63) is 60.1 Å². The van der Waals surface area contributed by atoms with Gasteiger partial charge in [-0.05, 0) is 30.5 Å². The minimum atomic E-state index is -0.535. The lowest BCUT2D eigenvalue weighted by atomic mass is 10.1. The van der Waals surface area contributed by atoms with Gasteiger partial charge in [0.25, 0.3) is 0 Å². The summed E-state index contributed by atoms with van der Waals surface area (Å²) in [7, 11) is 0. The fourth-order valence-corrected chi connectivity index (χ4v) is 2.73. The highest BCUT2D eigenvalue weighted by Gasteiger charge is 2.33. The van der Waals surface area contributed by atoms with E-state index in [-0.39, 0.29) is 19.1 Å². The summed E-state index contributed by atoms with van der Waals surface area (Å²) in [4.78, 5) is 26.2. The monoisotopic (exact) mass is 328 g/mol. The first-order valence-electron chi connectivity index (χ1n) is 8.01. The summed E-state index contributed by atoms with van der Waals surface area (Å²) in [6.07, 6.45) is 2.48. The molecule has 6 heteroatoms. The van der Waals surface area contributed by atoms with Crippen LogP contribution in [-0.2, 0) is 22.7 Å². The third-order valence-corrected chi connectivity index (χ3v) is 3.98. The number of hydrogen-bond donors (Lipinski definition) is 1. The van der Waals surface area contributed by atoms with Crippen molar-refractivity contribution in [2.75, 3.05) is 6.54 Å². The van der Waals surface area contributed by atoms with E-state index >= 15 is 0 Å². The predicted molar refractivity (Wildman–Crippen MR) is 86.9 cm³/mol. The molecular formula is C18H20N2O4. The molecule has 1 aliphatic rings. The second-order valence-corrected chi connectivity index (χ2v) is 5.70. The van der Waals surface area contributed by atoms with Gasteiger partial charge in [-0.2, -0.15) is 0 Å². The molecule has 3 rings (SSSR count). The van der Waals surface area contributed by atoms with Gasteiger partial charge in [0.05, 0.1) is 12.8 Å². The molecule has 6 nitrogen and oxygen atoms in total. The van der Waals surface area contributed by atoms with E-state index in [1.807, 2.05) is 30.3 Å². The number of furan rings is 1. The Morgan fingerprint density at radius 3 is 2.79 bits per heavy atom. The maximum Gasteiger partial charge on any atom is 0.411 e. The highest BCUT2D eigenvalue weighted by molar-refractivity contribution is 5.86. The van der Waals surface area contributed by atoms with Gasteiger partial charge in [-0.15, -0.1) is 0 Å². The van der Waals surface area contributed by atoms with Crippen molar-refractivity contribution in [2.24, 2.45) is 0 Å². The topological polar surface area (TPSA) is 71.8 Å². The second-order valence-electron chi connectivity index (χ2n) is 5.70. The Hall–Kier alpha value is -2.76. The summed E-state index contributed by atoms with van der Waals surface area (Å²) < 4.78 is 10.7. The summed E-state index contributed by atoms with van der Waals surface area (Å²) in [5.41, 5.74) is 0.900. The lowest BCUT2D eigenvalue weighted by molar-refractivity contribution is -0.128. The average molecular weight is 328 g/mol. The van der Waals surface area contributed by atoms with Crippen LogP contribution in [0.5, 0.6) is 0 Å². The molecule has 0 spiro atoms. The Morgan fingerprint density at radius 1 is 1.25 bits per heavy atom. The quantitative estimate of drug-likeness (QED) is 0.916. The van der Waals surface area contributed by atoms with Gasteiger partial charge in [0.15, 0.2) is 0 Å². The van der Waals surface area contributed by atoms with Crippen LogP contribution in [0.2, 0.25) is 0 Å². The van der Waals surface area contributed by atoms with Crippen molar-refractivity contribution < 1.29 is 18.7 Å². The van der Waals surface area contributed by atoms with Gasteiger partial charge in [-0.25, -0.2) is 4.79 Å². The zero-order valence-corrected chi connectivity index (χ0v) is 13.3. The number of benzene rings is 1. The smallest absolute Gasteiger partial charge is 0.411 e. The number of ether oxygens (including phenoxy) is 1. The van der Waals surface area contributed by atoms with E-state index in [0.717, 1.165) is 12.0 Å². The van der Waals surface area contributed by atoms with Crippen molar-refractivity contribution in [2.45, 2.75) is 32.0 Å². The number of carbonyl (C=O) groups excluding carboxylic acids is 2. The minimum Gasteiger partial charge on any atom is -0.467 e. The second kappa shape index (κ2) is 7.68. The maximum absolute atomic E-state index is 12.6. The molecule has 2 heterocycles. The number of nitrogens with one attached hydrogen (secondary N) is 1. The van der Waals surface area contributed by atoms with Crippen LogP contribution in [0.1, 0.15) is 24.2 Å². The molecule has 126 valence electrons. The van der Waals surface area contributed by atoms with Crippen molar-refractivity contribution in [3.63, 3.8) is 0 Å². The molecule has 1 fully saturated rings. The van der Waals surface area contributed by atoms with E-state index in [9.17, 15) is 9.59 Å². The summed E-state index contributed by atoms with van der Waals surface area (Å²) in [5.74, 6) is 0.467. The molecule has 24 heavy (non-hydrogen) atoms. The predicted octanol–water partition coefficient (Wildman–Crippen LogP) is 2.70. The highest BCUT2D eigenvalue weighted by atomic mass is 16.6. The van der Waals surface area contributed by atoms with Crippen LogP contribution in [0, 0.1) is 0 Å². The third kappa shape index (κ3) is 3.95. The number of nitrogens with zero attached hydrogens (tertiary/aromatic N) is 1. The van der Waals surface area contributed by atoms with Crippen molar-refractivity contribution in [3.8, 4) is 0 Å². The van der Waals surface area contributed by atoms with E-state index in [1.54, 1.807) is 18.4 Å². The third-order valence-electron chi connectivity index (χ3n) is 3.98. The fraction of sp³-hybridized carbons (Fsp3) is 0.333. The molecule has 1 aromatic carbocycles. The number of piperidine rings is 1. The summed E-state index contributed by atoms with van der Waals surface area (Å²) in [6.45, 7) is 1.02. The van der Waals surface area contributed by atoms with Gasteiger partial charge in [0.2, 0.25) is 5.91 Å². The molecule has 2 amide bonds. The lowest BCUT2D eigenvalue weighted by Gasteiger charge is -2.32. The summed E-state index contributed by atoms with van der Waals surface area (Å²) in [6, 6.07) is 12.4. The van der Waals surface area contributed by atoms with Gasteiger partial charge in [-0.3, -0.25) is 9.69 Å². The van der Waals surface area contributed by atoms with E-state index in [2.05, 4.69) is 5.32 Å². The molecule has 1 saturated heterocycles. The molecule has 0 bridgehead atoms. The van der Waals surface area contributed by atoms with Crippen LogP contribution in [0.15, 0.2) is 53.1 Å². The van der Waals surface area contributed by atoms with Gasteiger partial charge in [0.1, 0.15) is 18.4 Å². The molecule has 1 aliphatic heterocycles. The van der Waals surface area contributed by atoms with Crippen LogP contribution in [0.3, 0.4) is 0 Å². The lowest BCUT2D eigenvalue weighted by Crippen LogP contribution is -2.52. The van der Waals surface area contributed by atoms with Gasteiger partial charge >= 0.3 is 6.09 Å². The zero-order chi connectivity index (χ0) is 16.8. The van der Waals surface area contributed by atoms with Crippen molar-refractivity contribution in [1.82, 2.24) is 10.2 Å². The Bertz CT molecular complexity index is 670. The van der Waals surface area contributed by atoms with Gasteiger partial charge in [0, 0.05) is 6.54 Å². The largest absolute Gasteiger partial charge is 0.467 e. The number of carbonyl (C=O) groups is 2. The van der Waals surface area contributed by atoms with Crippen LogP contribution in [-0.4, -0.2) is 29.5 Å². The van der Waals surface area contributed by atoms with E-state index < -0.39 is 12.1 Å². The summed E-state index contributed by atoms with van der Waals surface area (Å²) in [5, 5.41) is 2.80. The Kier molecular flexibility index (Phi) is 5.15. The summed E-state index contributed by atoms with van der Waals surface area (Å²) >= 11 is 0. The van der Waals surface area contributed by atoms with Crippen LogP contribution >= 0.6 is 0 Å². The number of rotatable bonds is 5. The molecule has 0 radical (unpaired) electrons. The fourth-order valence-electron chi connectivity index (χ4n) is 2.73. The zero-order valence-electron chi connectivity index (χ0n) is 13.3. The first-order chi connectivity index (χ1) is 11.7. The SMILES string of the molecule is O=C1NCCC[C@@H]1N(Cc1ccco1)C(=O)OCc1ccccc1. The molecule has 1 aromatic heterocycles. The molecule has 0 saturated carbocycles. The van der Waals surface area contributed by atoms with Crippen LogP contribution in [0.25, 0.3) is 0 Å². The molecule has 2 aromatic rings. The molecular weight excluding hydrogens is 308 g/mol. The van der Waals surface area contributed by atoms with Gasteiger partial charge < -0.3 is 14.5 Å². The first-order valence-corrected chi connectivity index (χ1v) is 8.01. The Balaban J connectivity index is 1.70. The Morgan fingerprint density at radius 2 is 2.08 bits per heavy atom. The van der Waals surface area contributed by atoms with E-state index in [0.29, 0.717) is 18.7 Å². The van der Waals surface area contributed by atoms with E-state index in [4.69, 9.17) is 9.15 Å². The molecule has 0 unspecified atom stereocenters. The standard InChI is InChI=1S/C18H20N2O4/c21-17-16(9-4-10-19-17)20(12-15-8-5-11-23-15)18(22)24-13-14-6-2-1-3-7-14/h1-3,5-8,11,16H,4,9-10,12-13H2,(H,19,21)/t16-/m0/s1. The normalized spacial score (nSPS) is 17.2. The van der Waals surface area contributed by atoms with Crippen LogP contribution in [0.4, 0.5) is 4.79 Å². The molecule has 1 atom stereocenters. The van der Waals surface area contributed by atoms with Crippen molar-refractivity contribution in [1.29, 1.82) is 0 Å². The van der Waals surface area contributed by atoms with Crippen LogP contribution < -0.4 is 5.32 Å². The molecule has 0 aliphatic carbocycles. The first kappa shape index (κ1) is 16.1. The maximum atomic E-state index is 12.6.